The van der Waals surface area contributed by atoms with Crippen molar-refractivity contribution in [3.05, 3.63) is 28.7 Å². The minimum atomic E-state index is -0.261. The summed E-state index contributed by atoms with van der Waals surface area (Å²) in [6, 6.07) is 8.10. The number of benzene rings is 1. The molecular formula is C18H26BrN5O2. The van der Waals surface area contributed by atoms with Gasteiger partial charge < -0.3 is 4.90 Å². The fraction of sp³-hybridized carbons (Fsp3) is 0.556. The predicted octanol–water partition coefficient (Wildman–Crippen LogP) is 1.75. The third-order valence-electron chi connectivity index (χ3n) is 4.98. The van der Waals surface area contributed by atoms with Crippen molar-refractivity contribution in [2.24, 2.45) is 0 Å². The SMILES string of the molecule is CN1C(=O)CNN(CCCCN2CCN(c3ccccc3Br)CC2)C1=O. The number of hydrogen-bond donors (Lipinski definition) is 1. The lowest BCUT2D eigenvalue weighted by atomic mass is 10.2. The van der Waals surface area contributed by atoms with E-state index < -0.39 is 0 Å². The van der Waals surface area contributed by atoms with Crippen LogP contribution in [0.2, 0.25) is 0 Å². The summed E-state index contributed by atoms with van der Waals surface area (Å²) in [7, 11) is 1.53. The molecule has 0 atom stereocenters. The number of imide groups is 1. The van der Waals surface area contributed by atoms with E-state index in [-0.39, 0.29) is 18.5 Å². The first-order valence-electron chi connectivity index (χ1n) is 9.09. The van der Waals surface area contributed by atoms with Gasteiger partial charge in [-0.05, 0) is 47.4 Å². The average molecular weight is 424 g/mol. The summed E-state index contributed by atoms with van der Waals surface area (Å²) in [6.45, 7) is 6.04. The first kappa shape index (κ1) is 19.1. The average Bonchev–Trinajstić information content (AvgIpc) is 2.66. The minimum Gasteiger partial charge on any atom is -0.368 e. The van der Waals surface area contributed by atoms with Crippen molar-refractivity contribution in [1.29, 1.82) is 0 Å². The van der Waals surface area contributed by atoms with E-state index in [0.717, 1.165) is 50.0 Å². The molecule has 0 aromatic heterocycles. The van der Waals surface area contributed by atoms with Gasteiger partial charge in [0, 0.05) is 44.2 Å². The summed E-state index contributed by atoms with van der Waals surface area (Å²) in [5.74, 6) is -0.186. The molecule has 1 aromatic carbocycles. The Bertz CT molecular complexity index is 648. The molecule has 26 heavy (non-hydrogen) atoms. The third kappa shape index (κ3) is 4.55. The molecule has 2 aliphatic heterocycles. The van der Waals surface area contributed by atoms with Gasteiger partial charge in [-0.15, -0.1) is 0 Å². The van der Waals surface area contributed by atoms with Crippen LogP contribution >= 0.6 is 15.9 Å². The molecular weight excluding hydrogens is 398 g/mol. The van der Waals surface area contributed by atoms with Crippen LogP contribution in [0.3, 0.4) is 0 Å². The molecule has 3 rings (SSSR count). The lowest BCUT2D eigenvalue weighted by Crippen LogP contribution is -2.59. The molecule has 3 amide bonds. The molecule has 2 saturated heterocycles. The highest BCUT2D eigenvalue weighted by atomic mass is 79.9. The normalized spacial score (nSPS) is 19.4. The van der Waals surface area contributed by atoms with Gasteiger partial charge in [0.2, 0.25) is 5.91 Å². The monoisotopic (exact) mass is 423 g/mol. The number of carbonyl (C=O) groups is 2. The number of nitrogens with one attached hydrogen (secondary N) is 1. The van der Waals surface area contributed by atoms with Crippen LogP contribution in [0.15, 0.2) is 28.7 Å². The van der Waals surface area contributed by atoms with E-state index in [4.69, 9.17) is 0 Å². The molecule has 1 aromatic rings. The fourth-order valence-electron chi connectivity index (χ4n) is 3.34. The van der Waals surface area contributed by atoms with Gasteiger partial charge in [0.25, 0.3) is 0 Å². The maximum absolute atomic E-state index is 12.0. The minimum absolute atomic E-state index is 0.186. The van der Waals surface area contributed by atoms with Gasteiger partial charge >= 0.3 is 6.03 Å². The molecule has 2 fully saturated rings. The maximum Gasteiger partial charge on any atom is 0.340 e. The number of piperazine rings is 1. The first-order chi connectivity index (χ1) is 12.6. The molecule has 8 heteroatoms. The van der Waals surface area contributed by atoms with E-state index in [1.165, 1.54) is 17.6 Å². The van der Waals surface area contributed by atoms with Crippen molar-refractivity contribution in [3.8, 4) is 0 Å². The number of rotatable bonds is 6. The highest BCUT2D eigenvalue weighted by Crippen LogP contribution is 2.26. The summed E-state index contributed by atoms with van der Waals surface area (Å²) in [4.78, 5) is 29.5. The third-order valence-corrected chi connectivity index (χ3v) is 5.66. The van der Waals surface area contributed by atoms with Crippen LogP contribution < -0.4 is 10.3 Å². The van der Waals surface area contributed by atoms with E-state index >= 15 is 0 Å². The Morgan fingerprint density at radius 1 is 1.04 bits per heavy atom. The van der Waals surface area contributed by atoms with Crippen molar-refractivity contribution in [3.63, 3.8) is 0 Å². The van der Waals surface area contributed by atoms with E-state index in [9.17, 15) is 9.59 Å². The van der Waals surface area contributed by atoms with Crippen molar-refractivity contribution in [2.45, 2.75) is 12.8 Å². The quantitative estimate of drug-likeness (QED) is 0.706. The molecule has 0 saturated carbocycles. The van der Waals surface area contributed by atoms with Gasteiger partial charge in [-0.1, -0.05) is 12.1 Å². The van der Waals surface area contributed by atoms with E-state index in [1.54, 1.807) is 5.01 Å². The molecule has 0 unspecified atom stereocenters. The van der Waals surface area contributed by atoms with Crippen LogP contribution in [-0.4, -0.2) is 79.6 Å². The maximum atomic E-state index is 12.0. The number of nitrogens with zero attached hydrogens (tertiary/aromatic N) is 4. The standard InChI is InChI=1S/C18H26BrN5O2/c1-21-17(25)14-20-24(18(21)26)9-5-4-8-22-10-12-23(13-11-22)16-7-3-2-6-15(16)19/h2-3,6-7,20H,4-5,8-14H2,1H3. The number of unbranched alkanes of at least 4 members (excludes halogenated alkanes) is 1. The Morgan fingerprint density at radius 2 is 1.73 bits per heavy atom. The topological polar surface area (TPSA) is 59.1 Å². The number of para-hydroxylation sites is 1. The Kier molecular flexibility index (Phi) is 6.50. The molecule has 7 nitrogen and oxygen atoms in total. The summed E-state index contributed by atoms with van der Waals surface area (Å²) >= 11 is 3.63. The number of urea groups is 1. The van der Waals surface area contributed by atoms with Crippen molar-refractivity contribution in [1.82, 2.24) is 20.2 Å². The second kappa shape index (κ2) is 8.83. The molecule has 0 spiro atoms. The molecule has 2 aliphatic rings. The van der Waals surface area contributed by atoms with Gasteiger partial charge in [-0.2, -0.15) is 0 Å². The molecule has 0 aliphatic carbocycles. The summed E-state index contributed by atoms with van der Waals surface area (Å²) < 4.78 is 1.15. The van der Waals surface area contributed by atoms with Crippen LogP contribution in [0.1, 0.15) is 12.8 Å². The number of likely N-dealkylation sites (N-methyl/N-ethyl adjacent to an activating group) is 1. The number of anilines is 1. The zero-order chi connectivity index (χ0) is 18.5. The van der Waals surface area contributed by atoms with Crippen molar-refractivity contribution >= 4 is 33.6 Å². The first-order valence-corrected chi connectivity index (χ1v) is 9.89. The van der Waals surface area contributed by atoms with E-state index in [2.05, 4.69) is 49.4 Å². The zero-order valence-electron chi connectivity index (χ0n) is 15.2. The Morgan fingerprint density at radius 3 is 2.46 bits per heavy atom. The van der Waals surface area contributed by atoms with E-state index in [0.29, 0.717) is 6.54 Å². The predicted molar refractivity (Wildman–Crippen MR) is 105 cm³/mol. The number of halogens is 1. The summed E-state index contributed by atoms with van der Waals surface area (Å²) in [6.07, 6.45) is 1.96. The highest BCUT2D eigenvalue weighted by Gasteiger charge is 2.28. The smallest absolute Gasteiger partial charge is 0.340 e. The lowest BCUT2D eigenvalue weighted by molar-refractivity contribution is -0.130. The van der Waals surface area contributed by atoms with Crippen LogP contribution in [0.5, 0.6) is 0 Å². The van der Waals surface area contributed by atoms with Gasteiger partial charge in [0.05, 0.1) is 12.2 Å². The van der Waals surface area contributed by atoms with Gasteiger partial charge in [0.1, 0.15) is 0 Å². The van der Waals surface area contributed by atoms with Crippen LogP contribution in [0.25, 0.3) is 0 Å². The van der Waals surface area contributed by atoms with Crippen LogP contribution in [-0.2, 0) is 4.79 Å². The Labute approximate surface area is 163 Å². The second-order valence-electron chi connectivity index (χ2n) is 6.71. The summed E-state index contributed by atoms with van der Waals surface area (Å²) in [5, 5.41) is 1.55. The van der Waals surface area contributed by atoms with Crippen LogP contribution in [0, 0.1) is 0 Å². The largest absolute Gasteiger partial charge is 0.368 e. The number of hydrazine groups is 1. The highest BCUT2D eigenvalue weighted by molar-refractivity contribution is 9.10. The van der Waals surface area contributed by atoms with Gasteiger partial charge in [0.15, 0.2) is 0 Å². The number of carbonyl (C=O) groups excluding carboxylic acids is 2. The van der Waals surface area contributed by atoms with Crippen molar-refractivity contribution in [2.75, 3.05) is 57.8 Å². The zero-order valence-corrected chi connectivity index (χ0v) is 16.7. The van der Waals surface area contributed by atoms with Gasteiger partial charge in [-0.25, -0.2) is 10.2 Å². The summed E-state index contributed by atoms with van der Waals surface area (Å²) in [5.41, 5.74) is 4.15. The van der Waals surface area contributed by atoms with Crippen LogP contribution in [0.4, 0.5) is 10.5 Å². The Hall–Kier alpha value is -1.64. The molecule has 0 radical (unpaired) electrons. The number of amides is 3. The van der Waals surface area contributed by atoms with Crippen molar-refractivity contribution < 1.29 is 9.59 Å². The fourth-order valence-corrected chi connectivity index (χ4v) is 3.87. The lowest BCUT2D eigenvalue weighted by Gasteiger charge is -2.36. The Balaban J connectivity index is 1.35. The second-order valence-corrected chi connectivity index (χ2v) is 7.56. The molecule has 2 heterocycles. The van der Waals surface area contributed by atoms with Gasteiger partial charge in [-0.3, -0.25) is 19.6 Å². The molecule has 1 N–H and O–H groups in total. The molecule has 0 bridgehead atoms. The number of hydrogen-bond acceptors (Lipinski definition) is 5. The molecule has 142 valence electrons. The van der Waals surface area contributed by atoms with E-state index in [1.807, 2.05) is 6.07 Å².